The number of fused-ring (bicyclic) bond motifs is 1. The molecule has 32 heavy (non-hydrogen) atoms. The maximum absolute atomic E-state index is 6.10. The molecule has 1 aliphatic heterocycles. The molecular weight excluding hydrogens is 541 g/mol. The van der Waals surface area contributed by atoms with Crippen molar-refractivity contribution in [2.45, 2.75) is 19.4 Å². The molecular formula is C23H27ClIN5O2. The lowest BCUT2D eigenvalue weighted by Crippen LogP contribution is -2.32. The molecule has 2 heterocycles. The quantitative estimate of drug-likeness (QED) is 0.258. The molecule has 2 N–H and O–H groups in total. The zero-order valence-corrected chi connectivity index (χ0v) is 21.0. The third-order valence-electron chi connectivity index (χ3n) is 4.93. The molecule has 0 amide bonds. The van der Waals surface area contributed by atoms with Crippen LogP contribution in [0.25, 0.3) is 0 Å². The highest BCUT2D eigenvalue weighted by atomic mass is 127. The maximum Gasteiger partial charge on any atom is 0.196 e. The van der Waals surface area contributed by atoms with E-state index in [4.69, 9.17) is 26.1 Å². The van der Waals surface area contributed by atoms with Gasteiger partial charge in [0, 0.05) is 43.0 Å². The molecule has 0 saturated heterocycles. The lowest BCUT2D eigenvalue weighted by molar-refractivity contribution is 0.297. The average molecular weight is 568 g/mol. The van der Waals surface area contributed by atoms with E-state index in [1.807, 2.05) is 54.2 Å². The first-order valence-electron chi connectivity index (χ1n) is 10.3. The highest BCUT2D eigenvalue weighted by Crippen LogP contribution is 2.32. The van der Waals surface area contributed by atoms with Crippen LogP contribution in [0, 0.1) is 0 Å². The van der Waals surface area contributed by atoms with Crippen molar-refractivity contribution in [2.24, 2.45) is 12.0 Å². The van der Waals surface area contributed by atoms with Crippen LogP contribution in [0.4, 0.5) is 5.69 Å². The Labute approximate surface area is 210 Å². The lowest BCUT2D eigenvalue weighted by atomic mass is 10.1. The van der Waals surface area contributed by atoms with Gasteiger partial charge in [-0.15, -0.1) is 24.0 Å². The molecule has 0 saturated carbocycles. The Balaban J connectivity index is 0.00000289. The molecule has 2 aromatic carbocycles. The van der Waals surface area contributed by atoms with Gasteiger partial charge in [-0.05, 0) is 42.3 Å². The number of hydrogen-bond acceptors (Lipinski definition) is 4. The van der Waals surface area contributed by atoms with E-state index in [0.717, 1.165) is 40.7 Å². The summed E-state index contributed by atoms with van der Waals surface area (Å²) in [5.41, 5.74) is 3.07. The normalized spacial score (nSPS) is 13.1. The highest BCUT2D eigenvalue weighted by Gasteiger charge is 2.11. The van der Waals surface area contributed by atoms with Gasteiger partial charge in [-0.3, -0.25) is 4.68 Å². The SMILES string of the molecule is Cn1nccc1CN=C(NCCc1cccc(Cl)c1)Nc1ccc2c(c1)OCCCO2.I. The number of nitrogens with zero attached hydrogens (tertiary/aromatic N) is 3. The summed E-state index contributed by atoms with van der Waals surface area (Å²) in [6.07, 6.45) is 3.47. The van der Waals surface area contributed by atoms with Crippen LogP contribution in [0.15, 0.2) is 59.7 Å². The summed E-state index contributed by atoms with van der Waals surface area (Å²) in [7, 11) is 1.91. The molecule has 0 unspecified atom stereocenters. The molecule has 0 fully saturated rings. The third kappa shape index (κ3) is 6.77. The van der Waals surface area contributed by atoms with Crippen molar-refractivity contribution >= 4 is 47.2 Å². The molecule has 7 nitrogen and oxygen atoms in total. The van der Waals surface area contributed by atoms with E-state index in [-0.39, 0.29) is 24.0 Å². The number of anilines is 1. The standard InChI is InChI=1S/C23H26ClN5O2.HI/c1-29-20(9-11-27-29)16-26-23(25-10-8-17-4-2-5-18(24)14-17)28-19-6-7-21-22(15-19)31-13-3-12-30-21;/h2,4-7,9,11,14-15H,3,8,10,12-13,16H2,1H3,(H2,25,26,28);1H. The molecule has 3 aromatic rings. The number of ether oxygens (including phenoxy) is 2. The maximum atomic E-state index is 6.10. The summed E-state index contributed by atoms with van der Waals surface area (Å²) in [6, 6.07) is 15.7. The van der Waals surface area contributed by atoms with Gasteiger partial charge in [-0.1, -0.05) is 23.7 Å². The second-order valence-corrected chi connectivity index (χ2v) is 7.69. The van der Waals surface area contributed by atoms with Gasteiger partial charge < -0.3 is 20.1 Å². The van der Waals surface area contributed by atoms with Crippen LogP contribution in [0.2, 0.25) is 5.02 Å². The van der Waals surface area contributed by atoms with Crippen molar-refractivity contribution in [1.29, 1.82) is 0 Å². The van der Waals surface area contributed by atoms with Crippen LogP contribution in [0.1, 0.15) is 17.7 Å². The van der Waals surface area contributed by atoms with Gasteiger partial charge in [-0.25, -0.2) is 4.99 Å². The van der Waals surface area contributed by atoms with Gasteiger partial charge in [0.15, 0.2) is 17.5 Å². The summed E-state index contributed by atoms with van der Waals surface area (Å²) in [5, 5.41) is 11.7. The Kier molecular flexibility index (Phi) is 9.04. The second kappa shape index (κ2) is 12.0. The van der Waals surface area contributed by atoms with Gasteiger partial charge in [0.1, 0.15) is 0 Å². The minimum atomic E-state index is 0. The number of halogens is 2. The van der Waals surface area contributed by atoms with Crippen molar-refractivity contribution in [3.05, 3.63) is 71.0 Å². The topological polar surface area (TPSA) is 72.7 Å². The molecule has 0 spiro atoms. The van der Waals surface area contributed by atoms with Crippen molar-refractivity contribution in [1.82, 2.24) is 15.1 Å². The minimum absolute atomic E-state index is 0. The number of guanidine groups is 1. The van der Waals surface area contributed by atoms with Crippen LogP contribution < -0.4 is 20.1 Å². The zero-order valence-electron chi connectivity index (χ0n) is 17.9. The van der Waals surface area contributed by atoms with Crippen LogP contribution in [-0.2, 0) is 20.0 Å². The largest absolute Gasteiger partial charge is 0.490 e. The Morgan fingerprint density at radius 1 is 1.12 bits per heavy atom. The molecule has 0 bridgehead atoms. The monoisotopic (exact) mass is 567 g/mol. The number of aryl methyl sites for hydroxylation is 1. The Bertz CT molecular complexity index is 1060. The van der Waals surface area contributed by atoms with E-state index in [2.05, 4.69) is 21.8 Å². The van der Waals surface area contributed by atoms with Crippen molar-refractivity contribution in [2.75, 3.05) is 25.1 Å². The number of aliphatic imine (C=N–C) groups is 1. The smallest absolute Gasteiger partial charge is 0.196 e. The summed E-state index contributed by atoms with van der Waals surface area (Å²) in [6.45, 7) is 2.54. The van der Waals surface area contributed by atoms with E-state index in [9.17, 15) is 0 Å². The Hall–Kier alpha value is -2.46. The van der Waals surface area contributed by atoms with E-state index in [0.29, 0.717) is 32.3 Å². The van der Waals surface area contributed by atoms with E-state index in [1.54, 1.807) is 6.20 Å². The third-order valence-corrected chi connectivity index (χ3v) is 5.16. The Morgan fingerprint density at radius 2 is 1.97 bits per heavy atom. The fraction of sp³-hybridized carbons (Fsp3) is 0.304. The molecule has 0 atom stereocenters. The van der Waals surface area contributed by atoms with Gasteiger partial charge in [-0.2, -0.15) is 5.10 Å². The van der Waals surface area contributed by atoms with Crippen molar-refractivity contribution in [3.8, 4) is 11.5 Å². The highest BCUT2D eigenvalue weighted by molar-refractivity contribution is 14.0. The summed E-state index contributed by atoms with van der Waals surface area (Å²) in [5.74, 6) is 2.19. The fourth-order valence-electron chi connectivity index (χ4n) is 3.25. The first kappa shape index (κ1) is 24.2. The van der Waals surface area contributed by atoms with Crippen molar-refractivity contribution < 1.29 is 9.47 Å². The summed E-state index contributed by atoms with van der Waals surface area (Å²) in [4.78, 5) is 4.74. The molecule has 4 rings (SSSR count). The molecule has 9 heteroatoms. The Morgan fingerprint density at radius 3 is 2.75 bits per heavy atom. The van der Waals surface area contributed by atoms with Gasteiger partial charge in [0.25, 0.3) is 0 Å². The number of rotatable bonds is 6. The molecule has 0 aliphatic carbocycles. The van der Waals surface area contributed by atoms with Gasteiger partial charge in [0.2, 0.25) is 0 Å². The van der Waals surface area contributed by atoms with E-state index < -0.39 is 0 Å². The predicted molar refractivity (Wildman–Crippen MR) is 139 cm³/mol. The van der Waals surface area contributed by atoms with Gasteiger partial charge >= 0.3 is 0 Å². The van der Waals surface area contributed by atoms with Gasteiger partial charge in [0.05, 0.1) is 25.5 Å². The summed E-state index contributed by atoms with van der Waals surface area (Å²) < 4.78 is 13.3. The number of nitrogens with one attached hydrogen (secondary N) is 2. The first-order valence-corrected chi connectivity index (χ1v) is 10.7. The summed E-state index contributed by atoms with van der Waals surface area (Å²) >= 11 is 6.10. The van der Waals surface area contributed by atoms with E-state index in [1.165, 1.54) is 5.56 Å². The van der Waals surface area contributed by atoms with Crippen LogP contribution in [0.5, 0.6) is 11.5 Å². The number of hydrogen-bond donors (Lipinski definition) is 2. The minimum Gasteiger partial charge on any atom is -0.490 e. The zero-order chi connectivity index (χ0) is 21.5. The van der Waals surface area contributed by atoms with Crippen LogP contribution >= 0.6 is 35.6 Å². The van der Waals surface area contributed by atoms with Crippen LogP contribution in [-0.4, -0.2) is 35.5 Å². The van der Waals surface area contributed by atoms with Crippen LogP contribution in [0.3, 0.4) is 0 Å². The first-order chi connectivity index (χ1) is 15.2. The fourth-order valence-corrected chi connectivity index (χ4v) is 3.46. The average Bonchev–Trinajstić information content (AvgIpc) is 3.03. The molecule has 0 radical (unpaired) electrons. The lowest BCUT2D eigenvalue weighted by Gasteiger charge is -2.15. The molecule has 170 valence electrons. The number of aromatic nitrogens is 2. The predicted octanol–water partition coefficient (Wildman–Crippen LogP) is 4.65. The molecule has 1 aliphatic rings. The van der Waals surface area contributed by atoms with Crippen molar-refractivity contribution in [3.63, 3.8) is 0 Å². The van der Waals surface area contributed by atoms with E-state index >= 15 is 0 Å². The molecule has 1 aromatic heterocycles. The second-order valence-electron chi connectivity index (χ2n) is 7.25. The number of benzene rings is 2.